The monoisotopic (exact) mass is 426 g/mol. The summed E-state index contributed by atoms with van der Waals surface area (Å²) in [5.41, 5.74) is 1.65. The molecule has 1 heterocycles. The third-order valence-corrected chi connectivity index (χ3v) is 5.24. The molecule has 2 aromatic carbocycles. The Labute approximate surface area is 181 Å². The molecule has 0 N–H and O–H groups in total. The third-order valence-electron chi connectivity index (χ3n) is 4.24. The van der Waals surface area contributed by atoms with Gasteiger partial charge in [0.25, 0.3) is 5.91 Å². The number of benzene rings is 2. The minimum Gasteiger partial charge on any atom is -0.493 e. The van der Waals surface area contributed by atoms with Crippen molar-refractivity contribution in [2.24, 2.45) is 4.99 Å². The molecule has 30 heavy (non-hydrogen) atoms. The molecule has 0 radical (unpaired) electrons. The second kappa shape index (κ2) is 10.3. The molecule has 7 heteroatoms. The normalized spacial score (nSPS) is 16.7. The highest BCUT2D eigenvalue weighted by molar-refractivity contribution is 8.18. The van der Waals surface area contributed by atoms with Gasteiger partial charge in [-0.15, -0.1) is 0 Å². The highest BCUT2D eigenvalue weighted by Crippen LogP contribution is 2.36. The number of nitrogens with zero attached hydrogens (tertiary/aromatic N) is 2. The zero-order valence-electron chi connectivity index (χ0n) is 17.6. The number of carbonyl (C=O) groups is 1. The Morgan fingerprint density at radius 1 is 1.10 bits per heavy atom. The summed E-state index contributed by atoms with van der Waals surface area (Å²) in [5, 5.41) is 0.640. The number of amides is 1. The van der Waals surface area contributed by atoms with E-state index < -0.39 is 0 Å². The van der Waals surface area contributed by atoms with Crippen LogP contribution in [0.2, 0.25) is 0 Å². The van der Waals surface area contributed by atoms with E-state index in [4.69, 9.17) is 14.2 Å². The molecule has 158 valence electrons. The number of carbonyl (C=O) groups excluding carboxylic acids is 1. The van der Waals surface area contributed by atoms with Crippen LogP contribution < -0.4 is 9.47 Å². The van der Waals surface area contributed by atoms with Gasteiger partial charge in [-0.25, -0.2) is 4.99 Å². The zero-order chi connectivity index (χ0) is 21.5. The zero-order valence-corrected chi connectivity index (χ0v) is 18.4. The lowest BCUT2D eigenvalue weighted by Gasteiger charge is -2.14. The van der Waals surface area contributed by atoms with Crippen molar-refractivity contribution in [3.05, 3.63) is 59.0 Å². The Kier molecular flexibility index (Phi) is 7.54. The van der Waals surface area contributed by atoms with Gasteiger partial charge in [-0.2, -0.15) is 0 Å². The summed E-state index contributed by atoms with van der Waals surface area (Å²) in [4.78, 5) is 19.9. The summed E-state index contributed by atoms with van der Waals surface area (Å²) in [7, 11) is 3.22. The van der Waals surface area contributed by atoms with Crippen LogP contribution >= 0.6 is 11.8 Å². The van der Waals surface area contributed by atoms with Crippen molar-refractivity contribution < 1.29 is 19.0 Å². The fourth-order valence-electron chi connectivity index (χ4n) is 2.86. The van der Waals surface area contributed by atoms with E-state index in [2.05, 4.69) is 4.99 Å². The van der Waals surface area contributed by atoms with Crippen molar-refractivity contribution in [1.82, 2.24) is 4.90 Å². The van der Waals surface area contributed by atoms with Crippen LogP contribution in [0.4, 0.5) is 5.69 Å². The first-order chi connectivity index (χ1) is 14.5. The van der Waals surface area contributed by atoms with Gasteiger partial charge >= 0.3 is 0 Å². The fourth-order valence-corrected chi connectivity index (χ4v) is 3.89. The molecule has 1 aliphatic rings. The van der Waals surface area contributed by atoms with Gasteiger partial charge in [0.15, 0.2) is 16.7 Å². The number of aliphatic imine (C=N–C) groups is 1. The Hall–Kier alpha value is -2.77. The Morgan fingerprint density at radius 3 is 2.53 bits per heavy atom. The number of hydrogen-bond donors (Lipinski definition) is 0. The van der Waals surface area contributed by atoms with E-state index >= 15 is 0 Å². The van der Waals surface area contributed by atoms with Crippen LogP contribution in [-0.2, 0) is 9.53 Å². The van der Waals surface area contributed by atoms with Crippen LogP contribution in [0.3, 0.4) is 0 Å². The van der Waals surface area contributed by atoms with Crippen molar-refractivity contribution in [3.8, 4) is 11.5 Å². The summed E-state index contributed by atoms with van der Waals surface area (Å²) < 4.78 is 16.4. The van der Waals surface area contributed by atoms with Crippen LogP contribution in [0.25, 0.3) is 6.08 Å². The van der Waals surface area contributed by atoms with Gasteiger partial charge in [0.05, 0.1) is 37.0 Å². The first kappa shape index (κ1) is 21.9. The summed E-state index contributed by atoms with van der Waals surface area (Å²) in [6.07, 6.45) is 1.89. The predicted octanol–water partition coefficient (Wildman–Crippen LogP) is 4.73. The molecule has 0 aliphatic carbocycles. The Morgan fingerprint density at radius 2 is 1.87 bits per heavy atom. The summed E-state index contributed by atoms with van der Waals surface area (Å²) in [5.74, 6) is 1.21. The lowest BCUT2D eigenvalue weighted by molar-refractivity contribution is -0.122. The molecule has 0 atom stereocenters. The average Bonchev–Trinajstić information content (AvgIpc) is 3.02. The van der Waals surface area contributed by atoms with Crippen LogP contribution in [0.5, 0.6) is 11.5 Å². The molecule has 3 rings (SSSR count). The largest absolute Gasteiger partial charge is 0.493 e. The van der Waals surface area contributed by atoms with Gasteiger partial charge in [-0.3, -0.25) is 9.69 Å². The standard InChI is InChI=1S/C23H26N2O4S/c1-16(2)29-19-11-10-17(14-20(19)28-4)15-21-22(26)25(12-13-27-3)23(30-21)24-18-8-6-5-7-9-18/h5-11,14-16H,12-13H2,1-4H3. The highest BCUT2D eigenvalue weighted by atomic mass is 32.2. The van der Waals surface area contributed by atoms with E-state index in [-0.39, 0.29) is 12.0 Å². The number of thioether (sulfide) groups is 1. The minimum atomic E-state index is -0.0896. The maximum absolute atomic E-state index is 13.0. The fraction of sp³-hybridized carbons (Fsp3) is 0.304. The summed E-state index contributed by atoms with van der Waals surface area (Å²) >= 11 is 1.36. The van der Waals surface area contributed by atoms with Crippen LogP contribution in [0.15, 0.2) is 58.4 Å². The topological polar surface area (TPSA) is 60.4 Å². The molecular formula is C23H26N2O4S. The predicted molar refractivity (Wildman–Crippen MR) is 121 cm³/mol. The second-order valence-electron chi connectivity index (χ2n) is 6.87. The van der Waals surface area contributed by atoms with Gasteiger partial charge in [-0.05, 0) is 61.5 Å². The van der Waals surface area contributed by atoms with Crippen molar-refractivity contribution in [2.45, 2.75) is 20.0 Å². The second-order valence-corrected chi connectivity index (χ2v) is 7.88. The molecule has 0 unspecified atom stereocenters. The van der Waals surface area contributed by atoms with Crippen molar-refractivity contribution in [3.63, 3.8) is 0 Å². The number of para-hydroxylation sites is 1. The molecule has 2 aromatic rings. The first-order valence-electron chi connectivity index (χ1n) is 9.70. The van der Waals surface area contributed by atoms with Gasteiger partial charge in [-0.1, -0.05) is 24.3 Å². The molecule has 1 saturated heterocycles. The van der Waals surface area contributed by atoms with Gasteiger partial charge < -0.3 is 14.2 Å². The number of hydrogen-bond acceptors (Lipinski definition) is 6. The highest BCUT2D eigenvalue weighted by Gasteiger charge is 2.33. The van der Waals surface area contributed by atoms with Crippen molar-refractivity contribution >= 4 is 34.6 Å². The molecule has 1 fully saturated rings. The number of methoxy groups -OCH3 is 2. The average molecular weight is 427 g/mol. The maximum atomic E-state index is 13.0. The molecular weight excluding hydrogens is 400 g/mol. The van der Waals surface area contributed by atoms with E-state index in [0.29, 0.717) is 34.7 Å². The van der Waals surface area contributed by atoms with E-state index in [1.807, 2.05) is 68.5 Å². The Balaban J connectivity index is 1.90. The molecule has 6 nitrogen and oxygen atoms in total. The SMILES string of the molecule is COCCN1C(=O)C(=Cc2ccc(OC(C)C)c(OC)c2)SC1=Nc1ccccc1. The lowest BCUT2D eigenvalue weighted by Crippen LogP contribution is -2.32. The smallest absolute Gasteiger partial charge is 0.266 e. The Bertz CT molecular complexity index is 941. The van der Waals surface area contributed by atoms with E-state index in [1.54, 1.807) is 19.1 Å². The van der Waals surface area contributed by atoms with Crippen molar-refractivity contribution in [1.29, 1.82) is 0 Å². The van der Waals surface area contributed by atoms with Crippen molar-refractivity contribution in [2.75, 3.05) is 27.4 Å². The quantitative estimate of drug-likeness (QED) is 0.571. The summed E-state index contributed by atoms with van der Waals surface area (Å²) in [6, 6.07) is 15.2. The maximum Gasteiger partial charge on any atom is 0.266 e. The van der Waals surface area contributed by atoms with E-state index in [1.165, 1.54) is 11.8 Å². The van der Waals surface area contributed by atoms with Gasteiger partial charge in [0.2, 0.25) is 0 Å². The van der Waals surface area contributed by atoms with E-state index in [9.17, 15) is 4.79 Å². The molecule has 0 aromatic heterocycles. The van der Waals surface area contributed by atoms with E-state index in [0.717, 1.165) is 11.3 Å². The minimum absolute atomic E-state index is 0.0427. The molecule has 0 bridgehead atoms. The van der Waals surface area contributed by atoms with Crippen LogP contribution in [-0.4, -0.2) is 49.4 Å². The number of amidine groups is 1. The van der Waals surface area contributed by atoms with Crippen LogP contribution in [0.1, 0.15) is 19.4 Å². The molecule has 0 spiro atoms. The first-order valence-corrected chi connectivity index (χ1v) is 10.5. The third kappa shape index (κ3) is 5.43. The van der Waals surface area contributed by atoms with Gasteiger partial charge in [0.1, 0.15) is 0 Å². The molecule has 1 aliphatic heterocycles. The number of rotatable bonds is 8. The lowest BCUT2D eigenvalue weighted by atomic mass is 10.2. The number of ether oxygens (including phenoxy) is 3. The molecule has 1 amide bonds. The summed E-state index contributed by atoms with van der Waals surface area (Å²) in [6.45, 7) is 4.80. The van der Waals surface area contributed by atoms with Gasteiger partial charge in [0, 0.05) is 7.11 Å². The molecule has 0 saturated carbocycles. The van der Waals surface area contributed by atoms with Crippen LogP contribution in [0, 0.1) is 0 Å².